The molecule has 6 heteroatoms. The Hall–Kier alpha value is -2.60. The number of nitrogens with zero attached hydrogens (tertiary/aromatic N) is 5. The van der Waals surface area contributed by atoms with Gasteiger partial charge in [0, 0.05) is 45.0 Å². The normalized spacial score (nSPS) is 17.8. The molecule has 1 N–H and O–H groups in total. The van der Waals surface area contributed by atoms with Crippen molar-refractivity contribution >= 4 is 5.82 Å². The monoisotopic (exact) mass is 336 g/mol. The van der Waals surface area contributed by atoms with E-state index in [0.29, 0.717) is 6.04 Å². The maximum absolute atomic E-state index is 4.47. The van der Waals surface area contributed by atoms with E-state index in [-0.39, 0.29) is 0 Å². The maximum Gasteiger partial charge on any atom is 0.126 e. The Labute approximate surface area is 148 Å². The van der Waals surface area contributed by atoms with Crippen LogP contribution in [0.1, 0.15) is 18.5 Å². The topological polar surface area (TPSA) is 50.9 Å². The van der Waals surface area contributed by atoms with Crippen molar-refractivity contribution in [2.75, 3.05) is 18.0 Å². The van der Waals surface area contributed by atoms with Gasteiger partial charge in [0.05, 0.1) is 17.6 Å². The van der Waals surface area contributed by atoms with Crippen molar-refractivity contribution in [2.45, 2.75) is 25.4 Å². The number of piperidine rings is 1. The molecule has 2 aromatic heterocycles. The van der Waals surface area contributed by atoms with Crippen molar-refractivity contribution in [1.82, 2.24) is 24.9 Å². The molecule has 3 aromatic rings. The summed E-state index contributed by atoms with van der Waals surface area (Å²) < 4.78 is 3.96. The van der Waals surface area contributed by atoms with Crippen LogP contribution in [-0.4, -0.2) is 38.7 Å². The average Bonchev–Trinajstić information content (AvgIpc) is 3.30. The number of hydrogen-bond donors (Lipinski definition) is 1. The molecule has 1 aromatic carbocycles. The summed E-state index contributed by atoms with van der Waals surface area (Å²) in [5.74, 6) is 1.20. The molecule has 0 saturated carbocycles. The minimum atomic E-state index is 0.475. The van der Waals surface area contributed by atoms with Gasteiger partial charge in [0.15, 0.2) is 0 Å². The summed E-state index contributed by atoms with van der Waals surface area (Å²) in [5.41, 5.74) is 2.29. The third kappa shape index (κ3) is 3.44. The number of aromatic nitrogens is 4. The van der Waals surface area contributed by atoms with Crippen LogP contribution in [0, 0.1) is 0 Å². The molecule has 1 atom stereocenters. The maximum atomic E-state index is 4.47. The first-order valence-electron chi connectivity index (χ1n) is 8.86. The summed E-state index contributed by atoms with van der Waals surface area (Å²) in [4.78, 5) is 2.42. The fraction of sp³-hybridized carbons (Fsp3) is 0.368. The van der Waals surface area contributed by atoms with Crippen molar-refractivity contribution in [3.63, 3.8) is 0 Å². The predicted octanol–water partition coefficient (Wildman–Crippen LogP) is 2.36. The zero-order valence-corrected chi connectivity index (χ0v) is 14.5. The summed E-state index contributed by atoms with van der Waals surface area (Å²) in [6, 6.07) is 14.9. The summed E-state index contributed by atoms with van der Waals surface area (Å²) in [6.45, 7) is 2.93. The molecular weight excluding hydrogens is 312 g/mol. The molecule has 1 aliphatic heterocycles. The van der Waals surface area contributed by atoms with Crippen LogP contribution in [0.15, 0.2) is 54.9 Å². The first kappa shape index (κ1) is 15.9. The largest absolute Gasteiger partial charge is 0.355 e. The van der Waals surface area contributed by atoms with Crippen LogP contribution in [-0.2, 0) is 13.6 Å². The van der Waals surface area contributed by atoms with E-state index < -0.39 is 0 Å². The fourth-order valence-electron chi connectivity index (χ4n) is 3.54. The van der Waals surface area contributed by atoms with Gasteiger partial charge in [-0.25, -0.2) is 4.68 Å². The molecule has 0 aliphatic carbocycles. The van der Waals surface area contributed by atoms with E-state index in [9.17, 15) is 0 Å². The molecule has 6 nitrogen and oxygen atoms in total. The predicted molar refractivity (Wildman–Crippen MR) is 98.8 cm³/mol. The van der Waals surface area contributed by atoms with Gasteiger partial charge in [-0.1, -0.05) is 18.2 Å². The first-order valence-corrected chi connectivity index (χ1v) is 8.86. The molecule has 0 amide bonds. The summed E-state index contributed by atoms with van der Waals surface area (Å²) in [7, 11) is 2.00. The standard InChI is InChI=1S/C19H24N6/c1-23-19(10-12-21-23)24-13-5-6-16(15-24)20-14-18-9-11-22-25(18)17-7-3-2-4-8-17/h2-4,7-12,16,20H,5-6,13-15H2,1H3/t16-/m0/s1. The molecule has 4 rings (SSSR count). The SMILES string of the molecule is Cn1nccc1N1CCC[C@H](NCc2ccnn2-c2ccccc2)C1. The molecule has 0 radical (unpaired) electrons. The Morgan fingerprint density at radius 2 is 1.92 bits per heavy atom. The highest BCUT2D eigenvalue weighted by Crippen LogP contribution is 2.19. The summed E-state index contributed by atoms with van der Waals surface area (Å²) >= 11 is 0. The van der Waals surface area contributed by atoms with Crippen LogP contribution in [0.2, 0.25) is 0 Å². The molecule has 1 aliphatic rings. The number of nitrogens with one attached hydrogen (secondary N) is 1. The molecule has 0 bridgehead atoms. The zero-order valence-electron chi connectivity index (χ0n) is 14.5. The van der Waals surface area contributed by atoms with Crippen LogP contribution in [0.3, 0.4) is 0 Å². The summed E-state index contributed by atoms with van der Waals surface area (Å²) in [5, 5.41) is 12.5. The highest BCUT2D eigenvalue weighted by Gasteiger charge is 2.21. The van der Waals surface area contributed by atoms with Crippen molar-refractivity contribution in [3.05, 3.63) is 60.6 Å². The quantitative estimate of drug-likeness (QED) is 0.777. The molecule has 1 saturated heterocycles. The van der Waals surface area contributed by atoms with Gasteiger partial charge in [-0.05, 0) is 31.0 Å². The minimum Gasteiger partial charge on any atom is -0.355 e. The van der Waals surface area contributed by atoms with Gasteiger partial charge >= 0.3 is 0 Å². The van der Waals surface area contributed by atoms with Crippen LogP contribution < -0.4 is 10.2 Å². The smallest absolute Gasteiger partial charge is 0.126 e. The second-order valence-corrected chi connectivity index (χ2v) is 6.55. The highest BCUT2D eigenvalue weighted by atomic mass is 15.4. The highest BCUT2D eigenvalue weighted by molar-refractivity contribution is 5.39. The van der Waals surface area contributed by atoms with Crippen molar-refractivity contribution in [3.8, 4) is 5.69 Å². The number of rotatable bonds is 5. The molecular formula is C19H24N6. The van der Waals surface area contributed by atoms with Crippen LogP contribution in [0.5, 0.6) is 0 Å². The fourth-order valence-corrected chi connectivity index (χ4v) is 3.54. The third-order valence-corrected chi connectivity index (χ3v) is 4.83. The van der Waals surface area contributed by atoms with Crippen molar-refractivity contribution < 1.29 is 0 Å². The minimum absolute atomic E-state index is 0.475. The van der Waals surface area contributed by atoms with Gasteiger partial charge in [0.2, 0.25) is 0 Å². The third-order valence-electron chi connectivity index (χ3n) is 4.83. The van der Waals surface area contributed by atoms with Gasteiger partial charge in [0.25, 0.3) is 0 Å². The Morgan fingerprint density at radius 3 is 2.72 bits per heavy atom. The van der Waals surface area contributed by atoms with Crippen molar-refractivity contribution in [1.29, 1.82) is 0 Å². The van der Waals surface area contributed by atoms with Gasteiger partial charge in [-0.3, -0.25) is 4.68 Å². The van der Waals surface area contributed by atoms with Gasteiger partial charge in [-0.15, -0.1) is 0 Å². The lowest BCUT2D eigenvalue weighted by Gasteiger charge is -2.34. The van der Waals surface area contributed by atoms with E-state index in [2.05, 4.69) is 44.7 Å². The number of aryl methyl sites for hydroxylation is 1. The molecule has 3 heterocycles. The van der Waals surface area contributed by atoms with E-state index in [1.54, 1.807) is 0 Å². The molecule has 0 spiro atoms. The summed E-state index contributed by atoms with van der Waals surface area (Å²) in [6.07, 6.45) is 6.13. The van der Waals surface area contributed by atoms with Gasteiger partial charge < -0.3 is 10.2 Å². The first-order chi connectivity index (χ1) is 12.3. The Balaban J connectivity index is 1.41. The van der Waals surface area contributed by atoms with Gasteiger partial charge in [-0.2, -0.15) is 10.2 Å². The van der Waals surface area contributed by atoms with Crippen molar-refractivity contribution in [2.24, 2.45) is 7.05 Å². The van der Waals surface area contributed by atoms with E-state index in [0.717, 1.165) is 25.3 Å². The number of hydrogen-bond acceptors (Lipinski definition) is 4. The van der Waals surface area contributed by atoms with E-state index in [4.69, 9.17) is 0 Å². The zero-order chi connectivity index (χ0) is 17.1. The lowest BCUT2D eigenvalue weighted by molar-refractivity contribution is 0.413. The Morgan fingerprint density at radius 1 is 1.08 bits per heavy atom. The van der Waals surface area contributed by atoms with Crippen LogP contribution in [0.4, 0.5) is 5.82 Å². The molecule has 1 fully saturated rings. The second kappa shape index (κ2) is 7.11. The van der Waals surface area contributed by atoms with E-state index >= 15 is 0 Å². The van der Waals surface area contributed by atoms with E-state index in [1.807, 2.05) is 47.0 Å². The van der Waals surface area contributed by atoms with E-state index in [1.165, 1.54) is 24.4 Å². The number of para-hydroxylation sites is 1. The Kier molecular flexibility index (Phi) is 4.52. The molecule has 130 valence electrons. The van der Waals surface area contributed by atoms with Gasteiger partial charge in [0.1, 0.15) is 5.82 Å². The lowest BCUT2D eigenvalue weighted by Crippen LogP contribution is -2.46. The number of benzene rings is 1. The second-order valence-electron chi connectivity index (χ2n) is 6.55. The number of anilines is 1. The average molecular weight is 336 g/mol. The molecule has 0 unspecified atom stereocenters. The molecule has 25 heavy (non-hydrogen) atoms. The van der Waals surface area contributed by atoms with Crippen LogP contribution in [0.25, 0.3) is 5.69 Å². The van der Waals surface area contributed by atoms with Crippen LogP contribution >= 0.6 is 0 Å². The lowest BCUT2D eigenvalue weighted by atomic mass is 10.1. The Bertz CT molecular complexity index is 806.